The molecule has 4 aromatic rings. The third-order valence-electron chi connectivity index (χ3n) is 7.25. The molecule has 1 atom stereocenters. The van der Waals surface area contributed by atoms with Gasteiger partial charge in [0.05, 0.1) is 16.6 Å². The summed E-state index contributed by atoms with van der Waals surface area (Å²) >= 11 is 0. The highest BCUT2D eigenvalue weighted by atomic mass is 19.4. The minimum absolute atomic E-state index is 0.0276. The molecule has 216 valence electrons. The molecule has 0 radical (unpaired) electrons. The van der Waals surface area contributed by atoms with Crippen molar-refractivity contribution in [3.05, 3.63) is 72.3 Å². The molecule has 2 N–H and O–H groups in total. The molecule has 1 saturated carbocycles. The molecule has 1 fully saturated rings. The molecule has 11 heteroatoms. The fourth-order valence-corrected chi connectivity index (χ4v) is 5.34. The van der Waals surface area contributed by atoms with Crippen molar-refractivity contribution in [1.82, 2.24) is 9.55 Å². The van der Waals surface area contributed by atoms with Gasteiger partial charge >= 0.3 is 6.18 Å². The molecule has 7 nitrogen and oxygen atoms in total. The van der Waals surface area contributed by atoms with Crippen LogP contribution in [0.1, 0.15) is 51.1 Å². The largest absolute Gasteiger partial charge is 0.484 e. The standard InChI is InChI=1S/C30H30F4N4O3/c1-29(2)14-4-7-22(17-29)38-26-13-12-24(16-25(26)37-28(38)36-20-8-10-23(41-34)11-9-20)40-18-27(39)35-21-6-3-5-19(15-21)30(31,32)33/h3,5-6,8-13,15-16,22H,4,7,14,17-18H2,1-2H3,(H,35,39)(H,36,37). The number of rotatable bonds is 8. The number of carbonyl (C=O) groups is 1. The second-order valence-electron chi connectivity index (χ2n) is 11.0. The summed E-state index contributed by atoms with van der Waals surface area (Å²) in [6.07, 6.45) is -0.322. The van der Waals surface area contributed by atoms with Gasteiger partial charge in [0, 0.05) is 28.0 Å². The van der Waals surface area contributed by atoms with Crippen LogP contribution in [0.25, 0.3) is 11.0 Å². The Balaban J connectivity index is 1.36. The van der Waals surface area contributed by atoms with Crippen molar-refractivity contribution in [3.63, 3.8) is 0 Å². The van der Waals surface area contributed by atoms with Crippen molar-refractivity contribution in [2.75, 3.05) is 17.2 Å². The van der Waals surface area contributed by atoms with E-state index in [4.69, 9.17) is 9.72 Å². The molecule has 0 saturated heterocycles. The van der Waals surface area contributed by atoms with Crippen LogP contribution in [-0.2, 0) is 11.0 Å². The summed E-state index contributed by atoms with van der Waals surface area (Å²) in [5.74, 6) is 0.511. The molecule has 0 spiro atoms. The molecule has 1 aliphatic carbocycles. The van der Waals surface area contributed by atoms with Crippen molar-refractivity contribution < 1.29 is 32.2 Å². The van der Waals surface area contributed by atoms with Gasteiger partial charge in [-0.15, -0.1) is 0 Å². The van der Waals surface area contributed by atoms with Gasteiger partial charge in [-0.2, -0.15) is 13.2 Å². The van der Waals surface area contributed by atoms with Gasteiger partial charge in [0.25, 0.3) is 5.91 Å². The Morgan fingerprint density at radius 2 is 1.80 bits per heavy atom. The predicted molar refractivity (Wildman–Crippen MR) is 148 cm³/mol. The van der Waals surface area contributed by atoms with E-state index in [-0.39, 0.29) is 22.9 Å². The molecular weight excluding hydrogens is 540 g/mol. The number of alkyl halides is 3. The van der Waals surface area contributed by atoms with E-state index in [2.05, 4.69) is 34.0 Å². The first-order chi connectivity index (χ1) is 19.5. The van der Waals surface area contributed by atoms with E-state index >= 15 is 0 Å². The maximum absolute atomic E-state index is 13.0. The number of benzene rings is 3. The van der Waals surface area contributed by atoms with Crippen molar-refractivity contribution in [3.8, 4) is 11.5 Å². The molecule has 1 aromatic heterocycles. The van der Waals surface area contributed by atoms with Crippen LogP contribution >= 0.6 is 0 Å². The summed E-state index contributed by atoms with van der Waals surface area (Å²) in [6.45, 7) is 4.13. The second kappa shape index (κ2) is 11.3. The van der Waals surface area contributed by atoms with Crippen LogP contribution in [0, 0.1) is 5.41 Å². The first kappa shape index (κ1) is 28.3. The predicted octanol–water partition coefficient (Wildman–Crippen LogP) is 8.22. The number of anilines is 3. The zero-order valence-electron chi connectivity index (χ0n) is 22.6. The molecule has 1 unspecified atom stereocenters. The zero-order valence-corrected chi connectivity index (χ0v) is 22.6. The van der Waals surface area contributed by atoms with E-state index in [1.165, 1.54) is 24.3 Å². The second-order valence-corrected chi connectivity index (χ2v) is 11.0. The van der Waals surface area contributed by atoms with Gasteiger partial charge in [-0.3, -0.25) is 9.74 Å². The monoisotopic (exact) mass is 570 g/mol. The van der Waals surface area contributed by atoms with Crippen LogP contribution in [0.4, 0.5) is 35.0 Å². The van der Waals surface area contributed by atoms with E-state index in [0.29, 0.717) is 22.9 Å². The third kappa shape index (κ3) is 6.72. The average molecular weight is 571 g/mol. The van der Waals surface area contributed by atoms with E-state index in [1.54, 1.807) is 24.3 Å². The average Bonchev–Trinajstić information content (AvgIpc) is 3.28. The van der Waals surface area contributed by atoms with Crippen LogP contribution in [0.5, 0.6) is 11.5 Å². The summed E-state index contributed by atoms with van der Waals surface area (Å²) < 4.78 is 59.3. The molecular formula is C30H30F4N4O3. The number of hydrogen-bond donors (Lipinski definition) is 2. The minimum atomic E-state index is -4.51. The molecule has 0 bridgehead atoms. The Morgan fingerprint density at radius 1 is 1.05 bits per heavy atom. The fourth-order valence-electron chi connectivity index (χ4n) is 5.34. The van der Waals surface area contributed by atoms with Gasteiger partial charge in [0.15, 0.2) is 12.4 Å². The van der Waals surface area contributed by atoms with Crippen molar-refractivity contribution >= 4 is 34.3 Å². The lowest BCUT2D eigenvalue weighted by Gasteiger charge is -2.36. The van der Waals surface area contributed by atoms with Gasteiger partial charge in [-0.25, -0.2) is 4.98 Å². The minimum Gasteiger partial charge on any atom is -0.484 e. The molecule has 1 amide bonds. The number of ether oxygens (including phenoxy) is 1. The number of nitrogens with zero attached hydrogens (tertiary/aromatic N) is 2. The van der Waals surface area contributed by atoms with Crippen LogP contribution < -0.4 is 20.3 Å². The Morgan fingerprint density at radius 3 is 2.51 bits per heavy atom. The molecule has 1 aliphatic rings. The number of carbonyl (C=O) groups excluding carboxylic acids is 1. The SMILES string of the molecule is CC1(C)CCCC(n2c(Nc3ccc(OF)cc3)nc3cc(OCC(=O)Nc4cccc(C(F)(F)F)c4)ccc32)C1. The first-order valence-corrected chi connectivity index (χ1v) is 13.3. The number of halogens is 4. The molecule has 5 rings (SSSR count). The number of fused-ring (bicyclic) bond motifs is 1. The van der Waals surface area contributed by atoms with Crippen molar-refractivity contribution in [2.45, 2.75) is 51.7 Å². The van der Waals surface area contributed by atoms with E-state index < -0.39 is 24.3 Å². The van der Waals surface area contributed by atoms with Crippen LogP contribution in [0.3, 0.4) is 0 Å². The van der Waals surface area contributed by atoms with E-state index in [9.17, 15) is 22.5 Å². The Kier molecular flexibility index (Phi) is 7.79. The third-order valence-corrected chi connectivity index (χ3v) is 7.25. The summed E-state index contributed by atoms with van der Waals surface area (Å²) in [5, 5.41) is 5.77. The van der Waals surface area contributed by atoms with Gasteiger partial charge < -0.3 is 19.9 Å². The molecule has 41 heavy (non-hydrogen) atoms. The maximum atomic E-state index is 13.0. The Labute approximate surface area is 234 Å². The highest BCUT2D eigenvalue weighted by Gasteiger charge is 2.32. The van der Waals surface area contributed by atoms with Crippen molar-refractivity contribution in [2.24, 2.45) is 5.41 Å². The van der Waals surface area contributed by atoms with Gasteiger partial charge in [0.2, 0.25) is 5.95 Å². The van der Waals surface area contributed by atoms with E-state index in [0.717, 1.165) is 43.3 Å². The van der Waals surface area contributed by atoms with Crippen LogP contribution in [0.15, 0.2) is 66.7 Å². The topological polar surface area (TPSA) is 77.4 Å². The Hall–Kier alpha value is -4.28. The number of nitrogens with one attached hydrogen (secondary N) is 2. The lowest BCUT2D eigenvalue weighted by Crippen LogP contribution is -2.25. The summed E-state index contributed by atoms with van der Waals surface area (Å²) in [7, 11) is 0. The van der Waals surface area contributed by atoms with Crippen LogP contribution in [0.2, 0.25) is 0 Å². The number of aromatic nitrogens is 2. The quantitative estimate of drug-likeness (QED) is 0.209. The lowest BCUT2D eigenvalue weighted by molar-refractivity contribution is -0.137. The normalized spacial score (nSPS) is 16.8. The number of hydrogen-bond acceptors (Lipinski definition) is 5. The summed E-state index contributed by atoms with van der Waals surface area (Å²) in [4.78, 5) is 21.0. The first-order valence-electron chi connectivity index (χ1n) is 13.3. The highest BCUT2D eigenvalue weighted by molar-refractivity contribution is 5.92. The van der Waals surface area contributed by atoms with Gasteiger partial charge in [-0.05, 0) is 79.3 Å². The number of imidazole rings is 1. The maximum Gasteiger partial charge on any atom is 0.416 e. The summed E-state index contributed by atoms with van der Waals surface area (Å²) in [6, 6.07) is 16.4. The molecule has 3 aromatic carbocycles. The molecule has 1 heterocycles. The van der Waals surface area contributed by atoms with Crippen molar-refractivity contribution in [1.29, 1.82) is 0 Å². The lowest BCUT2D eigenvalue weighted by atomic mass is 9.75. The van der Waals surface area contributed by atoms with Gasteiger partial charge in [-0.1, -0.05) is 26.3 Å². The summed E-state index contributed by atoms with van der Waals surface area (Å²) in [5.41, 5.74) is 1.59. The van der Waals surface area contributed by atoms with Gasteiger partial charge in [0.1, 0.15) is 5.75 Å². The fraction of sp³-hybridized carbons (Fsp3) is 0.333. The van der Waals surface area contributed by atoms with E-state index in [1.807, 2.05) is 6.07 Å². The zero-order chi connectivity index (χ0) is 29.2. The smallest absolute Gasteiger partial charge is 0.416 e. The highest BCUT2D eigenvalue weighted by Crippen LogP contribution is 2.44. The van der Waals surface area contributed by atoms with Crippen LogP contribution in [-0.4, -0.2) is 22.1 Å². The number of amides is 1. The Bertz CT molecular complexity index is 1530. The molecule has 0 aliphatic heterocycles.